The van der Waals surface area contributed by atoms with Gasteiger partial charge in [0.1, 0.15) is 0 Å². The molecule has 4 rings (SSSR count). The Balaban J connectivity index is 1.41. The maximum atomic E-state index is 12.2. The molecule has 160 valence electrons. The number of ether oxygens (including phenoxy) is 2. The van der Waals surface area contributed by atoms with E-state index in [1.54, 1.807) is 50.3 Å². The van der Waals surface area contributed by atoms with Crippen molar-refractivity contribution in [3.8, 4) is 23.0 Å². The normalized spacial score (nSPS) is 13.1. The molecule has 3 aromatic rings. The van der Waals surface area contributed by atoms with Gasteiger partial charge in [0.2, 0.25) is 12.7 Å². The minimum absolute atomic E-state index is 0.0748. The van der Waals surface area contributed by atoms with Crippen molar-refractivity contribution in [2.45, 2.75) is 24.0 Å². The highest BCUT2D eigenvalue weighted by molar-refractivity contribution is 7.92. The lowest BCUT2D eigenvalue weighted by atomic mass is 10.2. The Morgan fingerprint density at radius 1 is 1.06 bits per heavy atom. The molecule has 0 spiro atoms. The SMILES string of the molecule is CC(C)S(=O)(=O)c1ccc(-c2nnc(NC(=O)C=Cc3ccc4c(c3)OCO4)o2)cc1. The minimum atomic E-state index is -3.37. The summed E-state index contributed by atoms with van der Waals surface area (Å²) in [5.74, 6) is 0.987. The Kier molecular flexibility index (Phi) is 5.47. The molecule has 0 bridgehead atoms. The van der Waals surface area contributed by atoms with Gasteiger partial charge in [0.25, 0.3) is 5.91 Å². The largest absolute Gasteiger partial charge is 0.454 e. The second kappa shape index (κ2) is 8.23. The van der Waals surface area contributed by atoms with Crippen molar-refractivity contribution in [2.24, 2.45) is 0 Å². The van der Waals surface area contributed by atoms with Crippen LogP contribution in [0.15, 0.2) is 57.9 Å². The predicted octanol–water partition coefficient (Wildman–Crippen LogP) is 3.30. The van der Waals surface area contributed by atoms with Gasteiger partial charge >= 0.3 is 6.01 Å². The zero-order chi connectivity index (χ0) is 22.0. The third kappa shape index (κ3) is 4.43. The topological polar surface area (TPSA) is 121 Å². The first-order valence-electron chi connectivity index (χ1n) is 9.39. The molecule has 1 N–H and O–H groups in total. The third-order valence-corrected chi connectivity index (χ3v) is 6.70. The lowest BCUT2D eigenvalue weighted by Gasteiger charge is -2.07. The molecule has 1 aromatic heterocycles. The van der Waals surface area contributed by atoms with Gasteiger partial charge in [0.05, 0.1) is 10.1 Å². The van der Waals surface area contributed by atoms with Crippen LogP contribution in [0.2, 0.25) is 0 Å². The molecular formula is C21H19N3O6S. The van der Waals surface area contributed by atoms with Gasteiger partial charge < -0.3 is 13.9 Å². The van der Waals surface area contributed by atoms with Crippen molar-refractivity contribution in [1.29, 1.82) is 0 Å². The van der Waals surface area contributed by atoms with Crippen LogP contribution in [-0.2, 0) is 14.6 Å². The van der Waals surface area contributed by atoms with Crippen LogP contribution in [0.4, 0.5) is 6.01 Å². The van der Waals surface area contributed by atoms with Crippen molar-refractivity contribution in [3.05, 3.63) is 54.1 Å². The summed E-state index contributed by atoms with van der Waals surface area (Å²) in [4.78, 5) is 12.4. The Labute approximate surface area is 178 Å². The van der Waals surface area contributed by atoms with Crippen LogP contribution in [0.3, 0.4) is 0 Å². The maximum absolute atomic E-state index is 12.2. The Morgan fingerprint density at radius 2 is 1.81 bits per heavy atom. The number of sulfone groups is 1. The first-order valence-corrected chi connectivity index (χ1v) is 10.9. The molecule has 0 aliphatic carbocycles. The quantitative estimate of drug-likeness (QED) is 0.579. The van der Waals surface area contributed by atoms with E-state index >= 15 is 0 Å². The first-order chi connectivity index (χ1) is 14.8. The number of aromatic nitrogens is 2. The number of rotatable bonds is 6. The highest BCUT2D eigenvalue weighted by Crippen LogP contribution is 2.32. The van der Waals surface area contributed by atoms with Crippen molar-refractivity contribution in [3.63, 3.8) is 0 Å². The van der Waals surface area contributed by atoms with Crippen LogP contribution >= 0.6 is 0 Å². The molecule has 0 saturated carbocycles. The fourth-order valence-electron chi connectivity index (χ4n) is 2.79. The molecule has 0 atom stereocenters. The zero-order valence-corrected chi connectivity index (χ0v) is 17.5. The molecule has 1 aliphatic rings. The average Bonchev–Trinajstić information content (AvgIpc) is 3.41. The Hall–Kier alpha value is -3.66. The number of benzene rings is 2. The van der Waals surface area contributed by atoms with Crippen molar-refractivity contribution >= 4 is 27.8 Å². The molecule has 0 fully saturated rings. The average molecular weight is 441 g/mol. The lowest BCUT2D eigenvalue weighted by Crippen LogP contribution is -2.13. The van der Waals surface area contributed by atoms with Crippen LogP contribution in [0, 0.1) is 0 Å². The number of nitrogens with zero attached hydrogens (tertiary/aromatic N) is 2. The number of anilines is 1. The van der Waals surface area contributed by atoms with Gasteiger partial charge in [-0.05, 0) is 61.9 Å². The van der Waals surface area contributed by atoms with E-state index in [0.29, 0.717) is 17.1 Å². The van der Waals surface area contributed by atoms with Crippen molar-refractivity contribution in [2.75, 3.05) is 12.1 Å². The minimum Gasteiger partial charge on any atom is -0.454 e. The molecule has 1 aliphatic heterocycles. The molecule has 1 amide bonds. The molecule has 10 heteroatoms. The van der Waals surface area contributed by atoms with Crippen molar-refractivity contribution < 1.29 is 27.1 Å². The number of carbonyl (C=O) groups is 1. The highest BCUT2D eigenvalue weighted by atomic mass is 32.2. The van der Waals surface area contributed by atoms with Crippen molar-refractivity contribution in [1.82, 2.24) is 10.2 Å². The van der Waals surface area contributed by atoms with Crippen LogP contribution in [-0.4, -0.2) is 36.6 Å². The number of nitrogens with one attached hydrogen (secondary N) is 1. The number of hydrogen-bond acceptors (Lipinski definition) is 8. The smallest absolute Gasteiger partial charge is 0.322 e. The van der Waals surface area contributed by atoms with Gasteiger partial charge in [-0.3, -0.25) is 10.1 Å². The summed E-state index contributed by atoms with van der Waals surface area (Å²) in [6.45, 7) is 3.42. The van der Waals surface area contributed by atoms with Crippen LogP contribution in [0.25, 0.3) is 17.5 Å². The van der Waals surface area contributed by atoms with Gasteiger partial charge in [-0.15, -0.1) is 5.10 Å². The molecule has 0 saturated heterocycles. The molecule has 31 heavy (non-hydrogen) atoms. The van der Waals surface area contributed by atoms with Gasteiger partial charge in [-0.25, -0.2) is 8.42 Å². The summed E-state index contributed by atoms with van der Waals surface area (Å²) < 4.78 is 40.4. The second-order valence-corrected chi connectivity index (χ2v) is 9.47. The standard InChI is InChI=1S/C21H19N3O6S/c1-13(2)31(26,27)16-7-5-15(6-8-16)20-23-24-21(30-20)22-19(25)10-4-14-3-9-17-18(11-14)29-12-28-17/h3-11,13H,12H2,1-2H3,(H,22,24,25). The summed E-state index contributed by atoms with van der Waals surface area (Å²) >= 11 is 0. The third-order valence-electron chi connectivity index (χ3n) is 4.53. The molecule has 9 nitrogen and oxygen atoms in total. The van der Waals surface area contributed by atoms with Gasteiger partial charge in [0.15, 0.2) is 21.3 Å². The number of hydrogen-bond donors (Lipinski definition) is 1. The Morgan fingerprint density at radius 3 is 2.55 bits per heavy atom. The number of amides is 1. The zero-order valence-electron chi connectivity index (χ0n) is 16.7. The lowest BCUT2D eigenvalue weighted by molar-refractivity contribution is -0.112. The monoisotopic (exact) mass is 441 g/mol. The van der Waals surface area contributed by atoms with Crippen LogP contribution in [0.1, 0.15) is 19.4 Å². The van der Waals surface area contributed by atoms with Gasteiger partial charge in [0, 0.05) is 11.6 Å². The molecule has 2 heterocycles. The van der Waals surface area contributed by atoms with Gasteiger partial charge in [-0.2, -0.15) is 0 Å². The molecule has 2 aromatic carbocycles. The fourth-order valence-corrected chi connectivity index (χ4v) is 3.85. The Bertz CT molecular complexity index is 1250. The molecule has 0 unspecified atom stereocenters. The summed E-state index contributed by atoms with van der Waals surface area (Å²) in [7, 11) is -3.37. The van der Waals surface area contributed by atoms with E-state index in [1.807, 2.05) is 0 Å². The molecule has 0 radical (unpaired) electrons. The molecular weight excluding hydrogens is 422 g/mol. The second-order valence-electron chi connectivity index (χ2n) is 6.97. The predicted molar refractivity (Wildman–Crippen MR) is 112 cm³/mol. The fraction of sp³-hybridized carbons (Fsp3) is 0.190. The van der Waals surface area contributed by atoms with Gasteiger partial charge in [-0.1, -0.05) is 11.2 Å². The van der Waals surface area contributed by atoms with E-state index in [0.717, 1.165) is 5.56 Å². The van der Waals surface area contributed by atoms with Crippen LogP contribution < -0.4 is 14.8 Å². The number of carbonyl (C=O) groups excluding carboxylic acids is 1. The van der Waals surface area contributed by atoms with E-state index < -0.39 is 21.0 Å². The first kappa shape index (κ1) is 20.6. The van der Waals surface area contributed by atoms with Crippen LogP contribution in [0.5, 0.6) is 11.5 Å². The van der Waals surface area contributed by atoms with E-state index in [2.05, 4.69) is 15.5 Å². The van der Waals surface area contributed by atoms with E-state index in [1.165, 1.54) is 18.2 Å². The summed E-state index contributed by atoms with van der Waals surface area (Å²) in [6.07, 6.45) is 2.94. The van der Waals surface area contributed by atoms with E-state index in [9.17, 15) is 13.2 Å². The van der Waals surface area contributed by atoms with E-state index in [-0.39, 0.29) is 23.6 Å². The summed E-state index contributed by atoms with van der Waals surface area (Å²) in [6, 6.07) is 11.4. The summed E-state index contributed by atoms with van der Waals surface area (Å²) in [5.41, 5.74) is 1.30. The number of fused-ring (bicyclic) bond motifs is 1. The van der Waals surface area contributed by atoms with E-state index in [4.69, 9.17) is 13.9 Å². The highest BCUT2D eigenvalue weighted by Gasteiger charge is 2.19. The maximum Gasteiger partial charge on any atom is 0.322 e. The summed E-state index contributed by atoms with van der Waals surface area (Å²) in [5, 5.41) is 9.65.